The molecule has 1 N–H and O–H groups in total. The average Bonchev–Trinajstić information content (AvgIpc) is 2.93. The summed E-state index contributed by atoms with van der Waals surface area (Å²) in [6, 6.07) is 11.4. The Kier molecular flexibility index (Phi) is 13.3. The van der Waals surface area contributed by atoms with Crippen molar-refractivity contribution in [2.24, 2.45) is 0 Å². The summed E-state index contributed by atoms with van der Waals surface area (Å²) in [6.07, 6.45) is 7.56. The number of ether oxygens (including phenoxy) is 3. The number of amides is 1. The Hall–Kier alpha value is -3.47. The molecule has 38 heavy (non-hydrogen) atoms. The summed E-state index contributed by atoms with van der Waals surface area (Å²) in [5, 5.41) is 2.76. The Morgan fingerprint density at radius 3 is 2.03 bits per heavy atom. The second-order valence-electron chi connectivity index (χ2n) is 7.91. The zero-order valence-corrected chi connectivity index (χ0v) is 23.8. The van der Waals surface area contributed by atoms with Crippen molar-refractivity contribution in [3.05, 3.63) is 65.1 Å². The maximum absolute atomic E-state index is 12.1. The van der Waals surface area contributed by atoms with E-state index in [9.17, 15) is 4.79 Å². The monoisotopic (exact) mass is 538 g/mol. The zero-order chi connectivity index (χ0) is 27.8. The number of methoxy groups -OCH3 is 2. The molecule has 1 radical (unpaired) electrons. The number of hydrogen-bond acceptors (Lipinski definition) is 7. The summed E-state index contributed by atoms with van der Waals surface area (Å²) in [4.78, 5) is 12.1. The van der Waals surface area contributed by atoms with Crippen LogP contribution in [0.2, 0.25) is 6.04 Å². The van der Waals surface area contributed by atoms with E-state index in [-0.39, 0.29) is 6.61 Å². The molecule has 9 heteroatoms. The average molecular weight is 539 g/mol. The van der Waals surface area contributed by atoms with Gasteiger partial charge in [-0.1, -0.05) is 24.0 Å². The number of alkyl carbamates (subject to hydrolysis) is 1. The standard InChI is InChI=1S/C29H36NO7Si/c1-7-25-20-28(33-6)26(21-27(25)32-5)17-16-23-12-14-24(15-13-23)22-34-29(31)30-18-11-19-38(35-8-2,36-9-3)37-10-4/h12-15,20-21H,8-11,18-19,22H2,2-6H3,(H,30,31). The van der Waals surface area contributed by atoms with Crippen molar-refractivity contribution < 1.29 is 32.3 Å². The van der Waals surface area contributed by atoms with Gasteiger partial charge in [0.2, 0.25) is 0 Å². The van der Waals surface area contributed by atoms with Crippen LogP contribution in [0.15, 0.2) is 36.4 Å². The molecule has 0 saturated carbocycles. The maximum Gasteiger partial charge on any atom is 0.500 e. The van der Waals surface area contributed by atoms with E-state index >= 15 is 0 Å². The fourth-order valence-corrected chi connectivity index (χ4v) is 6.23. The molecule has 0 aromatic heterocycles. The van der Waals surface area contributed by atoms with E-state index in [4.69, 9.17) is 33.9 Å². The second kappa shape index (κ2) is 16.4. The quantitative estimate of drug-likeness (QED) is 0.212. The maximum atomic E-state index is 12.1. The molecule has 0 atom stereocenters. The van der Waals surface area contributed by atoms with Crippen LogP contribution in [0.5, 0.6) is 11.5 Å². The van der Waals surface area contributed by atoms with E-state index in [0.29, 0.717) is 61.5 Å². The molecule has 2 rings (SSSR count). The third kappa shape index (κ3) is 9.44. The molecule has 203 valence electrons. The lowest BCUT2D eigenvalue weighted by Crippen LogP contribution is -2.46. The van der Waals surface area contributed by atoms with Crippen molar-refractivity contribution >= 4 is 14.9 Å². The molecule has 8 nitrogen and oxygen atoms in total. The van der Waals surface area contributed by atoms with E-state index in [0.717, 1.165) is 11.1 Å². The van der Waals surface area contributed by atoms with Gasteiger partial charge in [0.1, 0.15) is 18.1 Å². The van der Waals surface area contributed by atoms with Crippen LogP contribution in [0.4, 0.5) is 4.79 Å². The van der Waals surface area contributed by atoms with E-state index in [1.54, 1.807) is 19.2 Å². The van der Waals surface area contributed by atoms with Gasteiger partial charge in [-0.05, 0) is 57.2 Å². The lowest BCUT2D eigenvalue weighted by Gasteiger charge is -2.28. The Labute approximate surface area is 227 Å². The summed E-state index contributed by atoms with van der Waals surface area (Å²) in [6.45, 7) is 7.89. The minimum atomic E-state index is -2.71. The smallest absolute Gasteiger partial charge is 0.495 e. The topological polar surface area (TPSA) is 84.5 Å². The van der Waals surface area contributed by atoms with Crippen molar-refractivity contribution in [2.75, 3.05) is 40.6 Å². The summed E-state index contributed by atoms with van der Waals surface area (Å²) >= 11 is 0. The lowest BCUT2D eigenvalue weighted by molar-refractivity contribution is 0.0706. The van der Waals surface area contributed by atoms with Gasteiger partial charge in [-0.2, -0.15) is 0 Å². The van der Waals surface area contributed by atoms with Crippen molar-refractivity contribution in [3.63, 3.8) is 0 Å². The highest BCUT2D eigenvalue weighted by molar-refractivity contribution is 6.60. The third-order valence-electron chi connectivity index (χ3n) is 5.34. The molecule has 0 bridgehead atoms. The van der Waals surface area contributed by atoms with E-state index in [1.807, 2.05) is 45.0 Å². The highest BCUT2D eigenvalue weighted by atomic mass is 28.4. The molecule has 0 saturated heterocycles. The summed E-state index contributed by atoms with van der Waals surface area (Å²) in [5.74, 6) is 9.52. The van der Waals surface area contributed by atoms with Crippen molar-refractivity contribution in [1.29, 1.82) is 0 Å². The number of rotatable bonds is 14. The Bertz CT molecular complexity index is 1120. The normalized spacial score (nSPS) is 10.6. The molecule has 0 unspecified atom stereocenters. The van der Waals surface area contributed by atoms with Crippen LogP contribution in [0.3, 0.4) is 0 Å². The van der Waals surface area contributed by atoms with Gasteiger partial charge in [-0.15, -0.1) is 0 Å². The number of hydrogen-bond donors (Lipinski definition) is 1. The third-order valence-corrected chi connectivity index (χ3v) is 8.49. The van der Waals surface area contributed by atoms with Gasteiger partial charge in [-0.25, -0.2) is 4.79 Å². The SMILES string of the molecule is [C]#Cc1cc(OC)c(C#Cc2ccc(COC(=O)NCCC[Si](OCC)(OCC)OCC)cc2)cc1OC. The molecule has 0 spiro atoms. The van der Waals surface area contributed by atoms with Gasteiger partial charge in [0, 0.05) is 50.1 Å². The Morgan fingerprint density at radius 2 is 1.47 bits per heavy atom. The Morgan fingerprint density at radius 1 is 0.895 bits per heavy atom. The van der Waals surface area contributed by atoms with Gasteiger partial charge in [0.25, 0.3) is 0 Å². The van der Waals surface area contributed by atoms with Crippen molar-refractivity contribution in [2.45, 2.75) is 39.8 Å². The van der Waals surface area contributed by atoms with Crippen LogP contribution >= 0.6 is 0 Å². The molecule has 0 heterocycles. The first-order valence-electron chi connectivity index (χ1n) is 12.6. The molecule has 0 fully saturated rings. The van der Waals surface area contributed by atoms with Gasteiger partial charge in [0.15, 0.2) is 0 Å². The van der Waals surface area contributed by atoms with Crippen LogP contribution in [-0.4, -0.2) is 55.5 Å². The van der Waals surface area contributed by atoms with Crippen LogP contribution in [0.1, 0.15) is 49.4 Å². The molecule has 1 amide bonds. The number of carbonyl (C=O) groups excluding carboxylic acids is 1. The summed E-state index contributed by atoms with van der Waals surface area (Å²) in [7, 11) is 0.359. The van der Waals surface area contributed by atoms with Gasteiger partial charge in [0.05, 0.1) is 25.3 Å². The van der Waals surface area contributed by atoms with E-state index < -0.39 is 14.9 Å². The molecular formula is C29H36NO7Si. The van der Waals surface area contributed by atoms with E-state index in [2.05, 4.69) is 23.1 Å². The zero-order valence-electron chi connectivity index (χ0n) is 22.8. The first-order chi connectivity index (χ1) is 18.4. The van der Waals surface area contributed by atoms with Crippen molar-refractivity contribution in [1.82, 2.24) is 5.32 Å². The number of carbonyl (C=O) groups is 1. The fourth-order valence-electron chi connectivity index (χ4n) is 3.61. The predicted octanol–water partition coefficient (Wildman–Crippen LogP) is 4.71. The van der Waals surface area contributed by atoms with E-state index in [1.165, 1.54) is 7.11 Å². The molecular weight excluding hydrogens is 502 g/mol. The highest BCUT2D eigenvalue weighted by Gasteiger charge is 2.39. The minimum Gasteiger partial charge on any atom is -0.495 e. The van der Waals surface area contributed by atoms with Crippen LogP contribution in [0.25, 0.3) is 0 Å². The number of nitrogens with one attached hydrogen (secondary N) is 1. The minimum absolute atomic E-state index is 0.141. The van der Waals surface area contributed by atoms with Gasteiger partial charge >= 0.3 is 14.9 Å². The fraction of sp³-hybridized carbons (Fsp3) is 0.414. The highest BCUT2D eigenvalue weighted by Crippen LogP contribution is 2.27. The largest absolute Gasteiger partial charge is 0.500 e. The molecule has 2 aromatic rings. The van der Waals surface area contributed by atoms with Crippen LogP contribution < -0.4 is 14.8 Å². The number of benzene rings is 2. The van der Waals surface area contributed by atoms with Gasteiger partial charge < -0.3 is 32.8 Å². The second-order valence-corrected chi connectivity index (χ2v) is 10.6. The van der Waals surface area contributed by atoms with Crippen LogP contribution in [-0.2, 0) is 24.6 Å². The lowest BCUT2D eigenvalue weighted by atomic mass is 10.1. The molecule has 0 aliphatic heterocycles. The molecule has 0 aliphatic carbocycles. The van der Waals surface area contributed by atoms with Gasteiger partial charge in [-0.3, -0.25) is 0 Å². The summed E-state index contributed by atoms with van der Waals surface area (Å²) < 4.78 is 33.5. The first kappa shape index (κ1) is 30.7. The predicted molar refractivity (Wildman–Crippen MR) is 146 cm³/mol. The Balaban J connectivity index is 1.87. The molecule has 0 aliphatic rings. The summed E-state index contributed by atoms with van der Waals surface area (Å²) in [5.41, 5.74) is 2.75. The van der Waals surface area contributed by atoms with Crippen LogP contribution in [0, 0.1) is 24.2 Å². The van der Waals surface area contributed by atoms with Crippen molar-refractivity contribution in [3.8, 4) is 29.3 Å². The first-order valence-corrected chi connectivity index (χ1v) is 14.5. The molecule has 2 aromatic carbocycles.